The third-order valence-corrected chi connectivity index (χ3v) is 3.31. The van der Waals surface area contributed by atoms with Crippen molar-refractivity contribution in [1.29, 1.82) is 0 Å². The summed E-state index contributed by atoms with van der Waals surface area (Å²) in [6.45, 7) is 6.27. The van der Waals surface area contributed by atoms with Crippen molar-refractivity contribution < 1.29 is 0 Å². The molecule has 0 radical (unpaired) electrons. The Morgan fingerprint density at radius 1 is 1.17 bits per heavy atom. The zero-order valence-corrected chi connectivity index (χ0v) is 11.1. The summed E-state index contributed by atoms with van der Waals surface area (Å²) in [5.41, 5.74) is 14.0. The number of guanidine groups is 1. The van der Waals surface area contributed by atoms with Crippen LogP contribution in [0.5, 0.6) is 0 Å². The molecule has 1 saturated heterocycles. The minimum atomic E-state index is 0.105. The first-order valence-electron chi connectivity index (χ1n) is 6.20. The Labute approximate surface area is 108 Å². The van der Waals surface area contributed by atoms with Gasteiger partial charge < -0.3 is 21.3 Å². The zero-order chi connectivity index (χ0) is 13.1. The van der Waals surface area contributed by atoms with E-state index in [2.05, 4.69) is 40.0 Å². The first kappa shape index (κ1) is 12.7. The summed E-state index contributed by atoms with van der Waals surface area (Å²) in [6.07, 6.45) is 0. The van der Waals surface area contributed by atoms with Gasteiger partial charge in [-0.25, -0.2) is 4.99 Å². The molecule has 4 N–H and O–H groups in total. The quantitative estimate of drug-likeness (QED) is 0.594. The molecule has 1 aliphatic rings. The fourth-order valence-corrected chi connectivity index (χ4v) is 2.12. The van der Waals surface area contributed by atoms with Crippen LogP contribution in [0.25, 0.3) is 0 Å². The number of hydrogen-bond acceptors (Lipinski definition) is 3. The Balaban J connectivity index is 2.21. The minimum Gasteiger partial charge on any atom is -0.370 e. The monoisotopic (exact) mass is 247 g/mol. The summed E-state index contributed by atoms with van der Waals surface area (Å²) in [6, 6.07) is 6.25. The number of nitrogens with zero attached hydrogens (tertiary/aromatic N) is 3. The fraction of sp³-hybridized carbons (Fsp3) is 0.462. The molecule has 0 bridgehead atoms. The van der Waals surface area contributed by atoms with Crippen LogP contribution in [-0.4, -0.2) is 44.1 Å². The molecule has 0 saturated carbocycles. The summed E-state index contributed by atoms with van der Waals surface area (Å²) in [5, 5.41) is 0. The molecule has 1 fully saturated rings. The van der Waals surface area contributed by atoms with Crippen LogP contribution in [0.1, 0.15) is 5.56 Å². The van der Waals surface area contributed by atoms with E-state index in [-0.39, 0.29) is 5.96 Å². The molecule has 0 aliphatic carbocycles. The van der Waals surface area contributed by atoms with Crippen molar-refractivity contribution in [3.8, 4) is 0 Å². The van der Waals surface area contributed by atoms with Gasteiger partial charge in [0.15, 0.2) is 5.96 Å². The van der Waals surface area contributed by atoms with E-state index in [1.54, 1.807) is 0 Å². The van der Waals surface area contributed by atoms with Gasteiger partial charge in [0.25, 0.3) is 0 Å². The van der Waals surface area contributed by atoms with Crippen LogP contribution in [0.4, 0.5) is 11.4 Å². The smallest absolute Gasteiger partial charge is 0.191 e. The van der Waals surface area contributed by atoms with E-state index in [1.807, 2.05) is 6.92 Å². The first-order chi connectivity index (χ1) is 8.56. The van der Waals surface area contributed by atoms with E-state index in [9.17, 15) is 0 Å². The van der Waals surface area contributed by atoms with Crippen molar-refractivity contribution >= 4 is 17.3 Å². The molecule has 1 aromatic carbocycles. The van der Waals surface area contributed by atoms with Gasteiger partial charge in [-0.3, -0.25) is 0 Å². The number of aryl methyl sites for hydroxylation is 1. The highest BCUT2D eigenvalue weighted by molar-refractivity contribution is 5.80. The summed E-state index contributed by atoms with van der Waals surface area (Å²) in [4.78, 5) is 8.87. The molecule has 0 atom stereocenters. The van der Waals surface area contributed by atoms with Crippen molar-refractivity contribution in [3.05, 3.63) is 23.8 Å². The number of aliphatic imine (C=N–C) groups is 1. The number of benzene rings is 1. The molecular weight excluding hydrogens is 226 g/mol. The maximum atomic E-state index is 5.45. The summed E-state index contributed by atoms with van der Waals surface area (Å²) < 4.78 is 0. The van der Waals surface area contributed by atoms with Gasteiger partial charge in [0.05, 0.1) is 5.69 Å². The first-order valence-corrected chi connectivity index (χ1v) is 6.20. The third-order valence-electron chi connectivity index (χ3n) is 3.31. The number of hydrogen-bond donors (Lipinski definition) is 2. The standard InChI is InChI=1S/C13H21N5/c1-10-3-4-11(9-12(10)16-13(14)15)18-7-5-17(2)6-8-18/h3-4,9H,5-8H2,1-2H3,(H4,14,15,16). The fourth-order valence-electron chi connectivity index (χ4n) is 2.12. The van der Waals surface area contributed by atoms with E-state index in [4.69, 9.17) is 11.5 Å². The van der Waals surface area contributed by atoms with Crippen molar-refractivity contribution in [1.82, 2.24) is 4.90 Å². The van der Waals surface area contributed by atoms with E-state index < -0.39 is 0 Å². The second-order valence-corrected chi connectivity index (χ2v) is 4.80. The highest BCUT2D eigenvalue weighted by Gasteiger charge is 2.14. The Morgan fingerprint density at radius 2 is 1.83 bits per heavy atom. The molecular formula is C13H21N5. The Hall–Kier alpha value is -1.75. The average molecular weight is 247 g/mol. The van der Waals surface area contributed by atoms with Gasteiger partial charge in [-0.05, 0) is 31.7 Å². The maximum Gasteiger partial charge on any atom is 0.191 e. The lowest BCUT2D eigenvalue weighted by Gasteiger charge is -2.34. The van der Waals surface area contributed by atoms with Gasteiger partial charge in [0.1, 0.15) is 0 Å². The molecule has 0 amide bonds. The van der Waals surface area contributed by atoms with Gasteiger partial charge in [-0.1, -0.05) is 6.07 Å². The van der Waals surface area contributed by atoms with Gasteiger partial charge in [0.2, 0.25) is 0 Å². The third kappa shape index (κ3) is 2.92. The van der Waals surface area contributed by atoms with E-state index >= 15 is 0 Å². The number of likely N-dealkylation sites (N-methyl/N-ethyl adjacent to an activating group) is 1. The Morgan fingerprint density at radius 3 is 2.44 bits per heavy atom. The van der Waals surface area contributed by atoms with Gasteiger partial charge in [-0.2, -0.15) is 0 Å². The van der Waals surface area contributed by atoms with Gasteiger partial charge in [0, 0.05) is 31.9 Å². The molecule has 5 heteroatoms. The van der Waals surface area contributed by atoms with Crippen LogP contribution in [0, 0.1) is 6.92 Å². The molecule has 98 valence electrons. The normalized spacial score (nSPS) is 16.7. The predicted octanol–water partition coefficient (Wildman–Crippen LogP) is 0.652. The van der Waals surface area contributed by atoms with Gasteiger partial charge >= 0.3 is 0 Å². The predicted molar refractivity (Wildman–Crippen MR) is 76.4 cm³/mol. The van der Waals surface area contributed by atoms with Crippen LogP contribution in [-0.2, 0) is 0 Å². The van der Waals surface area contributed by atoms with E-state index in [0.29, 0.717) is 0 Å². The highest BCUT2D eigenvalue weighted by atomic mass is 15.2. The lowest BCUT2D eigenvalue weighted by atomic mass is 10.1. The summed E-state index contributed by atoms with van der Waals surface area (Å²) in [7, 11) is 2.15. The van der Waals surface area contributed by atoms with Crippen LogP contribution in [0.2, 0.25) is 0 Å². The van der Waals surface area contributed by atoms with Crippen molar-refractivity contribution in [2.45, 2.75) is 6.92 Å². The lowest BCUT2D eigenvalue weighted by molar-refractivity contribution is 0.313. The second kappa shape index (κ2) is 5.27. The Bertz CT molecular complexity index is 443. The summed E-state index contributed by atoms with van der Waals surface area (Å²) in [5.74, 6) is 0.105. The molecule has 0 aromatic heterocycles. The number of rotatable bonds is 2. The van der Waals surface area contributed by atoms with E-state index in [0.717, 1.165) is 37.4 Å². The molecule has 2 rings (SSSR count). The van der Waals surface area contributed by atoms with Gasteiger partial charge in [-0.15, -0.1) is 0 Å². The second-order valence-electron chi connectivity index (χ2n) is 4.80. The minimum absolute atomic E-state index is 0.105. The molecule has 5 nitrogen and oxygen atoms in total. The van der Waals surface area contributed by atoms with Crippen LogP contribution in [0.15, 0.2) is 23.2 Å². The van der Waals surface area contributed by atoms with Crippen LogP contribution in [0.3, 0.4) is 0 Å². The molecule has 1 aliphatic heterocycles. The molecule has 1 heterocycles. The SMILES string of the molecule is Cc1ccc(N2CCN(C)CC2)cc1N=C(N)N. The van der Waals surface area contributed by atoms with E-state index in [1.165, 1.54) is 5.69 Å². The molecule has 0 unspecified atom stereocenters. The molecule has 0 spiro atoms. The Kier molecular flexibility index (Phi) is 3.72. The average Bonchev–Trinajstić information content (AvgIpc) is 2.32. The molecule has 18 heavy (non-hydrogen) atoms. The number of nitrogens with two attached hydrogens (primary N) is 2. The highest BCUT2D eigenvalue weighted by Crippen LogP contribution is 2.26. The van der Waals surface area contributed by atoms with Crippen molar-refractivity contribution in [3.63, 3.8) is 0 Å². The molecule has 1 aromatic rings. The lowest BCUT2D eigenvalue weighted by Crippen LogP contribution is -2.44. The van der Waals surface area contributed by atoms with Crippen LogP contribution >= 0.6 is 0 Å². The van der Waals surface area contributed by atoms with Crippen LogP contribution < -0.4 is 16.4 Å². The van der Waals surface area contributed by atoms with Crippen molar-refractivity contribution in [2.24, 2.45) is 16.5 Å². The largest absolute Gasteiger partial charge is 0.370 e. The van der Waals surface area contributed by atoms with Crippen molar-refractivity contribution in [2.75, 3.05) is 38.1 Å². The maximum absolute atomic E-state index is 5.45. The summed E-state index contributed by atoms with van der Waals surface area (Å²) >= 11 is 0. The number of anilines is 1. The number of piperazine rings is 1. The topological polar surface area (TPSA) is 70.9 Å². The zero-order valence-electron chi connectivity index (χ0n) is 11.1.